The molecule has 5 heteroatoms. The number of carbonyl (C=O) groups is 1. The third-order valence-electron chi connectivity index (χ3n) is 3.41. The molecule has 0 aromatic heterocycles. The summed E-state index contributed by atoms with van der Waals surface area (Å²) >= 11 is 0. The van der Waals surface area contributed by atoms with E-state index in [1.54, 1.807) is 0 Å². The van der Waals surface area contributed by atoms with Crippen LogP contribution >= 0.6 is 0 Å². The van der Waals surface area contributed by atoms with Gasteiger partial charge in [-0.15, -0.1) is 0 Å². The molecule has 1 atom stereocenters. The fourth-order valence-corrected chi connectivity index (χ4v) is 2.09. The average molecular weight is 255 g/mol. The molecule has 0 aromatic rings. The fraction of sp³-hybridized carbons (Fsp3) is 0.846. The summed E-state index contributed by atoms with van der Waals surface area (Å²) in [7, 11) is 0. The summed E-state index contributed by atoms with van der Waals surface area (Å²) in [5.74, 6) is 0.185. The predicted molar refractivity (Wildman–Crippen MR) is 71.4 cm³/mol. The number of carbonyl (C=O) groups excluding carboxylic acids is 1. The van der Waals surface area contributed by atoms with Crippen LogP contribution in [0.15, 0.2) is 5.16 Å². The van der Waals surface area contributed by atoms with Gasteiger partial charge in [-0.2, -0.15) is 0 Å². The summed E-state index contributed by atoms with van der Waals surface area (Å²) in [6.45, 7) is 6.81. The Morgan fingerprint density at radius 3 is 2.50 bits per heavy atom. The van der Waals surface area contributed by atoms with E-state index in [1.165, 1.54) is 12.8 Å². The van der Waals surface area contributed by atoms with Gasteiger partial charge in [-0.3, -0.25) is 4.79 Å². The molecular formula is C13H25N3O2. The zero-order chi connectivity index (χ0) is 13.7. The molecule has 1 unspecified atom stereocenters. The van der Waals surface area contributed by atoms with Gasteiger partial charge in [-0.05, 0) is 39.0 Å². The van der Waals surface area contributed by atoms with Crippen molar-refractivity contribution in [2.24, 2.45) is 22.7 Å². The normalized spacial score (nSPS) is 17.9. The van der Waals surface area contributed by atoms with Crippen molar-refractivity contribution in [1.29, 1.82) is 0 Å². The summed E-state index contributed by atoms with van der Waals surface area (Å²) in [5, 5.41) is 11.8. The van der Waals surface area contributed by atoms with Crippen LogP contribution in [-0.2, 0) is 4.79 Å². The van der Waals surface area contributed by atoms with Crippen molar-refractivity contribution in [3.8, 4) is 0 Å². The Balaban J connectivity index is 2.76. The fourth-order valence-electron chi connectivity index (χ4n) is 2.09. The number of nitrogens with zero attached hydrogens (tertiary/aromatic N) is 2. The molecule has 1 aliphatic carbocycles. The maximum atomic E-state index is 12.5. The van der Waals surface area contributed by atoms with E-state index in [1.807, 2.05) is 25.7 Å². The Bertz CT molecular complexity index is 311. The molecule has 18 heavy (non-hydrogen) atoms. The van der Waals surface area contributed by atoms with Gasteiger partial charge in [0.1, 0.15) is 0 Å². The van der Waals surface area contributed by atoms with Gasteiger partial charge in [0.05, 0.1) is 5.92 Å². The molecule has 1 saturated carbocycles. The lowest BCUT2D eigenvalue weighted by atomic mass is 10.00. The third-order valence-corrected chi connectivity index (χ3v) is 3.41. The lowest BCUT2D eigenvalue weighted by Crippen LogP contribution is -2.46. The topological polar surface area (TPSA) is 78.9 Å². The second kappa shape index (κ2) is 6.61. The molecule has 1 amide bonds. The molecule has 0 heterocycles. The SMILES string of the molecule is CCCC(C(=O)N(CC1CC1)C(C)C)/C(N)=N/O. The van der Waals surface area contributed by atoms with E-state index in [9.17, 15) is 4.79 Å². The first-order chi connectivity index (χ1) is 8.51. The molecule has 0 aliphatic heterocycles. The highest BCUT2D eigenvalue weighted by atomic mass is 16.4. The standard InChI is InChI=1S/C13H25N3O2/c1-4-5-11(12(14)15-18)13(17)16(9(2)3)8-10-6-7-10/h9-11,18H,4-8H2,1-3H3,(H2,14,15). The molecule has 0 spiro atoms. The Kier molecular flexibility index (Phi) is 5.44. The molecule has 0 saturated heterocycles. The maximum absolute atomic E-state index is 12.5. The summed E-state index contributed by atoms with van der Waals surface area (Å²) < 4.78 is 0. The van der Waals surface area contributed by atoms with Crippen molar-refractivity contribution in [2.75, 3.05) is 6.54 Å². The van der Waals surface area contributed by atoms with Crippen LogP contribution in [0.3, 0.4) is 0 Å². The van der Waals surface area contributed by atoms with Crippen molar-refractivity contribution in [2.45, 2.75) is 52.5 Å². The van der Waals surface area contributed by atoms with Gasteiger partial charge in [0.15, 0.2) is 5.84 Å². The second-order valence-corrected chi connectivity index (χ2v) is 5.39. The van der Waals surface area contributed by atoms with Gasteiger partial charge >= 0.3 is 0 Å². The minimum atomic E-state index is -0.485. The highest BCUT2D eigenvalue weighted by molar-refractivity contribution is 6.02. The van der Waals surface area contributed by atoms with Crippen LogP contribution in [0.5, 0.6) is 0 Å². The second-order valence-electron chi connectivity index (χ2n) is 5.39. The number of oxime groups is 1. The molecule has 3 N–H and O–H groups in total. The predicted octanol–water partition coefficient (Wildman–Crippen LogP) is 1.80. The highest BCUT2D eigenvalue weighted by Gasteiger charge is 2.33. The van der Waals surface area contributed by atoms with E-state index in [2.05, 4.69) is 5.16 Å². The van der Waals surface area contributed by atoms with Gasteiger partial charge < -0.3 is 15.8 Å². The van der Waals surface area contributed by atoms with Crippen LogP contribution in [-0.4, -0.2) is 34.4 Å². The largest absolute Gasteiger partial charge is 0.409 e. The molecule has 104 valence electrons. The first kappa shape index (κ1) is 14.8. The zero-order valence-electron chi connectivity index (χ0n) is 11.6. The molecule has 5 nitrogen and oxygen atoms in total. The number of hydrogen-bond acceptors (Lipinski definition) is 3. The quantitative estimate of drug-likeness (QED) is 0.315. The lowest BCUT2D eigenvalue weighted by molar-refractivity contribution is -0.135. The van der Waals surface area contributed by atoms with Gasteiger partial charge in [0, 0.05) is 12.6 Å². The van der Waals surface area contributed by atoms with Crippen LogP contribution in [0, 0.1) is 11.8 Å². The Morgan fingerprint density at radius 1 is 1.50 bits per heavy atom. The van der Waals surface area contributed by atoms with E-state index < -0.39 is 5.92 Å². The highest BCUT2D eigenvalue weighted by Crippen LogP contribution is 2.31. The average Bonchev–Trinajstić information content (AvgIpc) is 3.14. The van der Waals surface area contributed by atoms with Gasteiger partial charge in [-0.25, -0.2) is 0 Å². The third kappa shape index (κ3) is 3.89. The Morgan fingerprint density at radius 2 is 2.11 bits per heavy atom. The number of nitrogens with two attached hydrogens (primary N) is 1. The first-order valence-electron chi connectivity index (χ1n) is 6.79. The summed E-state index contributed by atoms with van der Waals surface area (Å²) in [6, 6.07) is 0.156. The number of amides is 1. The van der Waals surface area contributed by atoms with Crippen molar-refractivity contribution < 1.29 is 10.0 Å². The van der Waals surface area contributed by atoms with Crippen molar-refractivity contribution in [3.63, 3.8) is 0 Å². The molecule has 1 fully saturated rings. The number of hydrogen-bond donors (Lipinski definition) is 2. The lowest BCUT2D eigenvalue weighted by Gasteiger charge is -2.30. The Labute approximate surface area is 109 Å². The molecule has 1 rings (SSSR count). The summed E-state index contributed by atoms with van der Waals surface area (Å²) in [4.78, 5) is 14.4. The van der Waals surface area contributed by atoms with Gasteiger partial charge in [-0.1, -0.05) is 18.5 Å². The van der Waals surface area contributed by atoms with E-state index in [4.69, 9.17) is 10.9 Å². The minimum absolute atomic E-state index is 0.00551. The molecule has 1 aliphatic rings. The maximum Gasteiger partial charge on any atom is 0.233 e. The van der Waals surface area contributed by atoms with E-state index in [0.717, 1.165) is 13.0 Å². The van der Waals surface area contributed by atoms with Crippen LogP contribution in [0.4, 0.5) is 0 Å². The van der Waals surface area contributed by atoms with Gasteiger partial charge in [0.25, 0.3) is 0 Å². The summed E-state index contributed by atoms with van der Waals surface area (Å²) in [5.41, 5.74) is 5.64. The van der Waals surface area contributed by atoms with Crippen molar-refractivity contribution in [1.82, 2.24) is 4.90 Å². The molecule has 0 aromatic carbocycles. The van der Waals surface area contributed by atoms with Crippen molar-refractivity contribution >= 4 is 11.7 Å². The minimum Gasteiger partial charge on any atom is -0.409 e. The van der Waals surface area contributed by atoms with Crippen molar-refractivity contribution in [3.05, 3.63) is 0 Å². The smallest absolute Gasteiger partial charge is 0.233 e. The van der Waals surface area contributed by atoms with E-state index >= 15 is 0 Å². The molecular weight excluding hydrogens is 230 g/mol. The van der Waals surface area contributed by atoms with Crippen LogP contribution in [0.25, 0.3) is 0 Å². The zero-order valence-corrected chi connectivity index (χ0v) is 11.6. The molecule has 0 radical (unpaired) electrons. The van der Waals surface area contributed by atoms with E-state index in [0.29, 0.717) is 12.3 Å². The monoisotopic (exact) mass is 255 g/mol. The van der Waals surface area contributed by atoms with E-state index in [-0.39, 0.29) is 17.8 Å². The van der Waals surface area contributed by atoms with Gasteiger partial charge in [0.2, 0.25) is 5.91 Å². The number of amidine groups is 1. The summed E-state index contributed by atoms with van der Waals surface area (Å²) in [6.07, 6.45) is 3.88. The number of rotatable bonds is 7. The van der Waals surface area contributed by atoms with Crippen LogP contribution < -0.4 is 5.73 Å². The first-order valence-corrected chi connectivity index (χ1v) is 6.79. The Hall–Kier alpha value is -1.26. The molecule has 0 bridgehead atoms. The van der Waals surface area contributed by atoms with Crippen LogP contribution in [0.2, 0.25) is 0 Å². The van der Waals surface area contributed by atoms with Crippen LogP contribution in [0.1, 0.15) is 46.5 Å².